The minimum absolute atomic E-state index is 0.0792. The van der Waals surface area contributed by atoms with E-state index in [1.807, 2.05) is 4.68 Å². The van der Waals surface area contributed by atoms with Crippen LogP contribution in [0.5, 0.6) is 0 Å². The van der Waals surface area contributed by atoms with Gasteiger partial charge in [0, 0.05) is 56.8 Å². The molecule has 29 heavy (non-hydrogen) atoms. The number of nitrogens with one attached hydrogen (secondary N) is 1. The van der Waals surface area contributed by atoms with E-state index < -0.39 is 0 Å². The summed E-state index contributed by atoms with van der Waals surface area (Å²) in [5, 5.41) is 7.47. The fraction of sp³-hybridized carbons (Fsp3) is 0.524. The van der Waals surface area contributed by atoms with Gasteiger partial charge in [0.2, 0.25) is 0 Å². The van der Waals surface area contributed by atoms with Gasteiger partial charge >= 0.3 is 0 Å². The molecule has 2 amide bonds. The monoisotopic (exact) mass is 399 g/mol. The van der Waals surface area contributed by atoms with Crippen molar-refractivity contribution in [2.75, 3.05) is 26.8 Å². The predicted octanol–water partition coefficient (Wildman–Crippen LogP) is 1.90. The van der Waals surface area contributed by atoms with Crippen LogP contribution in [-0.4, -0.2) is 58.3 Å². The van der Waals surface area contributed by atoms with Gasteiger partial charge in [0.25, 0.3) is 11.8 Å². The third-order valence-electron chi connectivity index (χ3n) is 5.05. The Kier molecular flexibility index (Phi) is 6.98. The number of methoxy groups -OCH3 is 1. The zero-order valence-corrected chi connectivity index (χ0v) is 17.4. The van der Waals surface area contributed by atoms with Crippen molar-refractivity contribution in [3.63, 3.8) is 0 Å². The third kappa shape index (κ3) is 5.00. The summed E-state index contributed by atoms with van der Waals surface area (Å²) in [7, 11) is 1.59. The molecule has 8 heteroatoms. The molecule has 8 nitrogen and oxygen atoms in total. The number of rotatable bonds is 8. The topological polar surface area (TPSA) is 89.4 Å². The second kappa shape index (κ2) is 9.65. The number of hydrogen-bond donors (Lipinski definition) is 1. The largest absolute Gasteiger partial charge is 0.383 e. The van der Waals surface area contributed by atoms with Gasteiger partial charge in [-0.1, -0.05) is 13.8 Å². The average Bonchev–Trinajstić information content (AvgIpc) is 3.10. The molecule has 0 unspecified atom stereocenters. The first kappa shape index (κ1) is 21.0. The minimum atomic E-state index is -0.225. The van der Waals surface area contributed by atoms with Crippen molar-refractivity contribution < 1.29 is 14.3 Å². The summed E-state index contributed by atoms with van der Waals surface area (Å²) in [5.74, 6) is 0.239. The predicted molar refractivity (Wildman–Crippen MR) is 109 cm³/mol. The van der Waals surface area contributed by atoms with Gasteiger partial charge in [-0.3, -0.25) is 19.3 Å². The quantitative estimate of drug-likeness (QED) is 0.685. The van der Waals surface area contributed by atoms with Crippen LogP contribution in [0.2, 0.25) is 0 Å². The van der Waals surface area contributed by atoms with E-state index in [2.05, 4.69) is 29.2 Å². The van der Waals surface area contributed by atoms with Gasteiger partial charge in [0.05, 0.1) is 18.7 Å². The number of pyridine rings is 1. The standard InChI is InChI=1S/C21H29N5O3/c1-15(2)6-11-26-18-7-10-25(21(28)16-5-4-8-22-13-16)14-17(18)19(24-26)20(27)23-9-12-29-3/h4-5,8,13,15H,6-7,9-12,14H2,1-3H3,(H,23,27). The second-order valence-electron chi connectivity index (χ2n) is 7.65. The van der Waals surface area contributed by atoms with Crippen molar-refractivity contribution >= 4 is 11.8 Å². The fourth-order valence-corrected chi connectivity index (χ4v) is 3.43. The Balaban J connectivity index is 1.84. The van der Waals surface area contributed by atoms with Gasteiger partial charge in [-0.2, -0.15) is 5.10 Å². The first-order chi connectivity index (χ1) is 14.0. The van der Waals surface area contributed by atoms with Crippen molar-refractivity contribution in [1.82, 2.24) is 25.0 Å². The van der Waals surface area contributed by atoms with Crippen LogP contribution in [0, 0.1) is 5.92 Å². The lowest BCUT2D eigenvalue weighted by molar-refractivity contribution is 0.0729. The summed E-state index contributed by atoms with van der Waals surface area (Å²) in [6.45, 7) is 6.93. The maximum Gasteiger partial charge on any atom is 0.272 e. The van der Waals surface area contributed by atoms with E-state index in [1.165, 1.54) is 0 Å². The van der Waals surface area contributed by atoms with Crippen LogP contribution in [0.3, 0.4) is 0 Å². The zero-order valence-electron chi connectivity index (χ0n) is 17.4. The van der Waals surface area contributed by atoms with Crippen LogP contribution in [0.25, 0.3) is 0 Å². The van der Waals surface area contributed by atoms with Crippen molar-refractivity contribution in [1.29, 1.82) is 0 Å². The normalized spacial score (nSPS) is 13.4. The number of amides is 2. The van der Waals surface area contributed by atoms with Crippen molar-refractivity contribution in [2.24, 2.45) is 5.92 Å². The highest BCUT2D eigenvalue weighted by Crippen LogP contribution is 2.25. The molecular formula is C21H29N5O3. The van der Waals surface area contributed by atoms with Crippen LogP contribution < -0.4 is 5.32 Å². The van der Waals surface area contributed by atoms with E-state index in [4.69, 9.17) is 4.74 Å². The van der Waals surface area contributed by atoms with Crippen LogP contribution in [0.15, 0.2) is 24.5 Å². The molecule has 0 bridgehead atoms. The van der Waals surface area contributed by atoms with Crippen LogP contribution in [0.1, 0.15) is 52.4 Å². The molecular weight excluding hydrogens is 370 g/mol. The van der Waals surface area contributed by atoms with E-state index in [1.54, 1.807) is 36.5 Å². The van der Waals surface area contributed by atoms with Crippen LogP contribution >= 0.6 is 0 Å². The summed E-state index contributed by atoms with van der Waals surface area (Å²) in [6.07, 6.45) is 4.88. The van der Waals surface area contributed by atoms with Gasteiger partial charge in [0.15, 0.2) is 5.69 Å². The maximum atomic E-state index is 12.9. The number of carbonyl (C=O) groups is 2. The number of ether oxygens (including phenoxy) is 1. The zero-order chi connectivity index (χ0) is 20.8. The molecule has 0 saturated carbocycles. The molecule has 2 aromatic heterocycles. The van der Waals surface area contributed by atoms with Crippen LogP contribution in [-0.2, 0) is 24.2 Å². The highest BCUT2D eigenvalue weighted by molar-refractivity contribution is 5.96. The summed E-state index contributed by atoms with van der Waals surface area (Å²) in [4.78, 5) is 31.4. The number of aryl methyl sites for hydroxylation is 1. The molecule has 0 spiro atoms. The maximum absolute atomic E-state index is 12.9. The lowest BCUT2D eigenvalue weighted by Gasteiger charge is -2.28. The molecule has 0 radical (unpaired) electrons. The summed E-state index contributed by atoms with van der Waals surface area (Å²) >= 11 is 0. The molecule has 156 valence electrons. The van der Waals surface area contributed by atoms with E-state index >= 15 is 0 Å². The summed E-state index contributed by atoms with van der Waals surface area (Å²) in [5.41, 5.74) is 2.85. The van der Waals surface area contributed by atoms with Gasteiger partial charge in [0.1, 0.15) is 0 Å². The molecule has 0 aliphatic carbocycles. The van der Waals surface area contributed by atoms with E-state index in [9.17, 15) is 9.59 Å². The Morgan fingerprint density at radius 2 is 2.17 bits per heavy atom. The molecule has 0 saturated heterocycles. The first-order valence-electron chi connectivity index (χ1n) is 10.1. The molecule has 1 aliphatic rings. The van der Waals surface area contributed by atoms with E-state index in [0.717, 1.165) is 24.2 Å². The van der Waals surface area contributed by atoms with Gasteiger partial charge in [-0.25, -0.2) is 0 Å². The number of hydrogen-bond acceptors (Lipinski definition) is 5. The molecule has 3 rings (SSSR count). The average molecular weight is 399 g/mol. The van der Waals surface area contributed by atoms with Crippen molar-refractivity contribution in [3.8, 4) is 0 Å². The molecule has 1 N–H and O–H groups in total. The molecule has 2 aromatic rings. The highest BCUT2D eigenvalue weighted by atomic mass is 16.5. The summed E-state index contributed by atoms with van der Waals surface area (Å²) in [6, 6.07) is 3.51. The first-order valence-corrected chi connectivity index (χ1v) is 10.1. The van der Waals surface area contributed by atoms with Gasteiger partial charge < -0.3 is 15.0 Å². The highest BCUT2D eigenvalue weighted by Gasteiger charge is 2.30. The molecule has 1 aliphatic heterocycles. The molecule has 0 atom stereocenters. The molecule has 0 aromatic carbocycles. The smallest absolute Gasteiger partial charge is 0.272 e. The second-order valence-corrected chi connectivity index (χ2v) is 7.65. The third-order valence-corrected chi connectivity index (χ3v) is 5.05. The molecule has 3 heterocycles. The Bertz CT molecular complexity index is 848. The van der Waals surface area contributed by atoms with Crippen molar-refractivity contribution in [3.05, 3.63) is 47.0 Å². The Hall–Kier alpha value is -2.74. The number of aromatic nitrogens is 3. The fourth-order valence-electron chi connectivity index (χ4n) is 3.43. The Labute approximate surface area is 171 Å². The minimum Gasteiger partial charge on any atom is -0.383 e. The van der Waals surface area contributed by atoms with Gasteiger partial charge in [-0.05, 0) is 24.5 Å². The number of fused-ring (bicyclic) bond motifs is 1. The van der Waals surface area contributed by atoms with Gasteiger partial charge in [-0.15, -0.1) is 0 Å². The number of nitrogens with zero attached hydrogens (tertiary/aromatic N) is 4. The van der Waals surface area contributed by atoms with Crippen LogP contribution in [0.4, 0.5) is 0 Å². The SMILES string of the molecule is COCCNC(=O)c1nn(CCC(C)C)c2c1CN(C(=O)c1cccnc1)CC2. The Morgan fingerprint density at radius 3 is 2.86 bits per heavy atom. The van der Waals surface area contributed by atoms with E-state index in [-0.39, 0.29) is 11.8 Å². The summed E-state index contributed by atoms with van der Waals surface area (Å²) < 4.78 is 6.96. The lowest BCUT2D eigenvalue weighted by Crippen LogP contribution is -2.37. The molecule has 0 fully saturated rings. The lowest BCUT2D eigenvalue weighted by atomic mass is 10.0. The van der Waals surface area contributed by atoms with E-state index in [0.29, 0.717) is 49.8 Å². The van der Waals surface area contributed by atoms with Crippen molar-refractivity contribution in [2.45, 2.75) is 39.8 Å². The number of carbonyl (C=O) groups excluding carboxylic acids is 2. The Morgan fingerprint density at radius 1 is 1.34 bits per heavy atom.